The van der Waals surface area contributed by atoms with Crippen molar-refractivity contribution in [2.45, 2.75) is 45.4 Å². The number of H-pyrrole nitrogens is 1. The fourth-order valence-corrected chi connectivity index (χ4v) is 2.13. The first kappa shape index (κ1) is 17.3. The van der Waals surface area contributed by atoms with E-state index in [0.717, 1.165) is 4.57 Å². The largest absolute Gasteiger partial charge is 0.459 e. The molecule has 9 heteroatoms. The van der Waals surface area contributed by atoms with Crippen LogP contribution in [0.25, 0.3) is 0 Å². The van der Waals surface area contributed by atoms with Gasteiger partial charge in [-0.05, 0) is 6.92 Å². The number of carbonyl (C=O) groups is 1. The third-order valence-corrected chi connectivity index (χ3v) is 3.55. The maximum Gasteiger partial charge on any atom is 0.330 e. The molecule has 1 aromatic rings. The highest BCUT2D eigenvalue weighted by molar-refractivity contribution is 5.71. The van der Waals surface area contributed by atoms with Crippen molar-refractivity contribution in [3.8, 4) is 0 Å². The molecule has 1 N–H and O–H groups in total. The zero-order valence-electron chi connectivity index (χ0n) is 13.0. The van der Waals surface area contributed by atoms with Gasteiger partial charge in [-0.1, -0.05) is 13.8 Å². The summed E-state index contributed by atoms with van der Waals surface area (Å²) in [7, 11) is 0. The molecule has 2 rings (SSSR count). The number of esters is 1. The molecule has 128 valence electrons. The Labute approximate surface area is 130 Å². The molecule has 1 aliphatic heterocycles. The van der Waals surface area contributed by atoms with E-state index in [4.69, 9.17) is 9.47 Å². The molecular formula is C14H18F2N2O5. The molecule has 0 radical (unpaired) electrons. The van der Waals surface area contributed by atoms with Crippen molar-refractivity contribution in [1.29, 1.82) is 0 Å². The Morgan fingerprint density at radius 2 is 2.22 bits per heavy atom. The topological polar surface area (TPSA) is 90.4 Å². The molecule has 23 heavy (non-hydrogen) atoms. The third-order valence-electron chi connectivity index (χ3n) is 3.55. The lowest BCUT2D eigenvalue weighted by atomic mass is 10.1. The molecule has 0 saturated carbocycles. The summed E-state index contributed by atoms with van der Waals surface area (Å²) in [4.78, 5) is 36.5. The molecule has 1 fully saturated rings. The van der Waals surface area contributed by atoms with Crippen LogP contribution in [-0.4, -0.2) is 34.2 Å². The lowest BCUT2D eigenvalue weighted by molar-refractivity contribution is -0.209. The third kappa shape index (κ3) is 3.49. The van der Waals surface area contributed by atoms with Crippen molar-refractivity contribution in [2.24, 2.45) is 5.92 Å². The van der Waals surface area contributed by atoms with Crippen molar-refractivity contribution < 1.29 is 23.0 Å². The summed E-state index contributed by atoms with van der Waals surface area (Å²) in [6.45, 7) is 3.66. The summed E-state index contributed by atoms with van der Waals surface area (Å²) in [6, 6.07) is 0. The van der Waals surface area contributed by atoms with Crippen LogP contribution in [0.1, 0.15) is 32.1 Å². The van der Waals surface area contributed by atoms with Gasteiger partial charge in [-0.3, -0.25) is 19.1 Å². The number of aromatic nitrogens is 2. The fourth-order valence-electron chi connectivity index (χ4n) is 2.13. The number of aryl methyl sites for hydroxylation is 1. The lowest BCUT2D eigenvalue weighted by Crippen LogP contribution is -2.39. The van der Waals surface area contributed by atoms with Crippen molar-refractivity contribution in [3.05, 3.63) is 32.6 Å². The molecular weight excluding hydrogens is 314 g/mol. The Hall–Kier alpha value is -2.03. The van der Waals surface area contributed by atoms with Gasteiger partial charge in [-0.25, -0.2) is 13.6 Å². The maximum absolute atomic E-state index is 14.5. The Kier molecular flexibility index (Phi) is 4.69. The van der Waals surface area contributed by atoms with Crippen LogP contribution >= 0.6 is 0 Å². The van der Waals surface area contributed by atoms with E-state index in [-0.39, 0.29) is 5.56 Å². The predicted octanol–water partition coefficient (Wildman–Crippen LogP) is 0.967. The van der Waals surface area contributed by atoms with Crippen LogP contribution < -0.4 is 11.2 Å². The summed E-state index contributed by atoms with van der Waals surface area (Å²) in [5.41, 5.74) is -1.22. The van der Waals surface area contributed by atoms with Crippen molar-refractivity contribution >= 4 is 5.97 Å². The van der Waals surface area contributed by atoms with Gasteiger partial charge in [-0.15, -0.1) is 0 Å². The Bertz CT molecular complexity index is 714. The highest BCUT2D eigenvalue weighted by Gasteiger charge is 2.52. The Morgan fingerprint density at radius 1 is 1.57 bits per heavy atom. The minimum Gasteiger partial charge on any atom is -0.459 e. The molecule has 0 amide bonds. The van der Waals surface area contributed by atoms with Crippen molar-refractivity contribution in [2.75, 3.05) is 6.61 Å². The molecule has 0 unspecified atom stereocenters. The van der Waals surface area contributed by atoms with Gasteiger partial charge < -0.3 is 9.47 Å². The molecule has 7 nitrogen and oxygen atoms in total. The SMILES string of the molecule is Cc1cn([C@H]2C[C@H](F)[C@@](F)(COC(=O)C(C)C)O2)c(=O)[nH]c1=O. The second-order valence-electron chi connectivity index (χ2n) is 5.80. The molecule has 1 aliphatic rings. The highest BCUT2D eigenvalue weighted by atomic mass is 19.2. The van der Waals surface area contributed by atoms with E-state index < -0.39 is 54.4 Å². The number of hydrogen-bond acceptors (Lipinski definition) is 5. The van der Waals surface area contributed by atoms with Crippen molar-refractivity contribution in [3.63, 3.8) is 0 Å². The summed E-state index contributed by atoms with van der Waals surface area (Å²) in [6.07, 6.45) is -2.59. The van der Waals surface area contributed by atoms with Crippen LogP contribution in [0.15, 0.2) is 15.8 Å². The number of nitrogens with zero attached hydrogens (tertiary/aromatic N) is 1. The number of alkyl halides is 2. The van der Waals surface area contributed by atoms with Gasteiger partial charge in [0.1, 0.15) is 6.23 Å². The number of rotatable bonds is 4. The fraction of sp³-hybridized carbons (Fsp3) is 0.643. The van der Waals surface area contributed by atoms with Crippen LogP contribution in [-0.2, 0) is 14.3 Å². The summed E-state index contributed by atoms with van der Waals surface area (Å²) in [5, 5.41) is 0. The maximum atomic E-state index is 14.5. The van der Waals surface area contributed by atoms with E-state index in [1.165, 1.54) is 13.1 Å². The molecule has 1 saturated heterocycles. The smallest absolute Gasteiger partial charge is 0.330 e. The van der Waals surface area contributed by atoms with E-state index in [2.05, 4.69) is 0 Å². The summed E-state index contributed by atoms with van der Waals surface area (Å²) < 4.78 is 39.1. The predicted molar refractivity (Wildman–Crippen MR) is 75.3 cm³/mol. The molecule has 1 aromatic heterocycles. The molecule has 2 heterocycles. The quantitative estimate of drug-likeness (QED) is 0.830. The average Bonchev–Trinajstić information content (AvgIpc) is 2.76. The second-order valence-corrected chi connectivity index (χ2v) is 5.80. The highest BCUT2D eigenvalue weighted by Crippen LogP contribution is 2.39. The van der Waals surface area contributed by atoms with Gasteiger partial charge in [0.25, 0.3) is 11.4 Å². The molecule has 0 spiro atoms. The molecule has 0 aromatic carbocycles. The minimum absolute atomic E-state index is 0.200. The van der Waals surface area contributed by atoms with Gasteiger partial charge in [0.2, 0.25) is 0 Å². The van der Waals surface area contributed by atoms with E-state index >= 15 is 0 Å². The Morgan fingerprint density at radius 3 is 2.83 bits per heavy atom. The van der Waals surface area contributed by atoms with Gasteiger partial charge >= 0.3 is 11.7 Å². The number of aromatic amines is 1. The Balaban J connectivity index is 2.17. The van der Waals surface area contributed by atoms with E-state index in [9.17, 15) is 23.2 Å². The van der Waals surface area contributed by atoms with Gasteiger partial charge in [0, 0.05) is 18.2 Å². The van der Waals surface area contributed by atoms with Crippen LogP contribution in [0.4, 0.5) is 8.78 Å². The zero-order chi connectivity index (χ0) is 17.4. The van der Waals surface area contributed by atoms with Gasteiger partial charge in [0.05, 0.1) is 5.92 Å². The van der Waals surface area contributed by atoms with E-state index in [1.807, 2.05) is 4.98 Å². The number of nitrogens with one attached hydrogen (secondary N) is 1. The van der Waals surface area contributed by atoms with Gasteiger partial charge in [-0.2, -0.15) is 0 Å². The van der Waals surface area contributed by atoms with Crippen molar-refractivity contribution in [1.82, 2.24) is 9.55 Å². The zero-order valence-corrected chi connectivity index (χ0v) is 13.0. The second kappa shape index (κ2) is 6.23. The number of ether oxygens (including phenoxy) is 2. The summed E-state index contributed by atoms with van der Waals surface area (Å²) >= 11 is 0. The monoisotopic (exact) mass is 332 g/mol. The summed E-state index contributed by atoms with van der Waals surface area (Å²) in [5.74, 6) is -4.00. The molecule has 0 aliphatic carbocycles. The number of hydrogen-bond donors (Lipinski definition) is 1. The normalized spacial score (nSPS) is 27.4. The van der Waals surface area contributed by atoms with E-state index in [0.29, 0.717) is 0 Å². The van der Waals surface area contributed by atoms with Crippen LogP contribution in [0.3, 0.4) is 0 Å². The first-order valence-corrected chi connectivity index (χ1v) is 7.13. The van der Waals surface area contributed by atoms with Crippen LogP contribution in [0.2, 0.25) is 0 Å². The number of halogens is 2. The standard InChI is InChI=1S/C14H18F2N2O5/c1-7(2)12(20)22-6-14(16)9(15)4-10(23-14)18-5-8(3)11(19)17-13(18)21/h5,7,9-10H,4,6H2,1-3H3,(H,17,19,21)/t9-,10+,14+/m0/s1. The van der Waals surface area contributed by atoms with E-state index in [1.54, 1.807) is 13.8 Å². The lowest BCUT2D eigenvalue weighted by Gasteiger charge is -2.22. The first-order valence-electron chi connectivity index (χ1n) is 7.13. The average molecular weight is 332 g/mol. The van der Waals surface area contributed by atoms with Gasteiger partial charge in [0.15, 0.2) is 12.8 Å². The minimum atomic E-state index is -2.83. The molecule has 3 atom stereocenters. The van der Waals surface area contributed by atoms with Crippen LogP contribution in [0.5, 0.6) is 0 Å². The first-order chi connectivity index (χ1) is 10.6. The number of carbonyl (C=O) groups excluding carboxylic acids is 1. The van der Waals surface area contributed by atoms with Crippen LogP contribution in [0, 0.1) is 12.8 Å². The molecule has 0 bridgehead atoms.